The van der Waals surface area contributed by atoms with Crippen molar-refractivity contribution in [2.45, 2.75) is 23.8 Å². The molecule has 2 heterocycles. The van der Waals surface area contributed by atoms with Crippen LogP contribution in [0.1, 0.15) is 33.8 Å². The van der Waals surface area contributed by atoms with Crippen LogP contribution in [0, 0.1) is 5.82 Å². The minimum absolute atomic E-state index is 0.0335. The fourth-order valence-electron chi connectivity index (χ4n) is 3.07. The van der Waals surface area contributed by atoms with E-state index < -0.39 is 5.82 Å². The smallest absolute Gasteiger partial charge is 0.191 e. The van der Waals surface area contributed by atoms with Gasteiger partial charge in [-0.25, -0.2) is 9.37 Å². The molecule has 29 heavy (non-hydrogen) atoms. The fraction of sp³-hybridized carbons (Fsp3) is 0.182. The molecule has 1 unspecified atom stereocenters. The second kappa shape index (κ2) is 8.13. The van der Waals surface area contributed by atoms with Crippen molar-refractivity contribution < 1.29 is 9.18 Å². The summed E-state index contributed by atoms with van der Waals surface area (Å²) in [4.78, 5) is 17.2. The van der Waals surface area contributed by atoms with Gasteiger partial charge in [0.15, 0.2) is 10.9 Å². The second-order valence-electron chi connectivity index (χ2n) is 6.82. The third-order valence-corrected chi connectivity index (χ3v) is 5.93. The Morgan fingerprint density at radius 3 is 2.79 bits per heavy atom. The lowest BCUT2D eigenvalue weighted by Gasteiger charge is -2.13. The second-order valence-corrected chi connectivity index (χ2v) is 8.13. The highest BCUT2D eigenvalue weighted by atomic mass is 32.2. The monoisotopic (exact) mass is 406 g/mol. The minimum atomic E-state index is -0.390. The molecule has 0 amide bonds. The molecule has 7 heteroatoms. The van der Waals surface area contributed by atoms with E-state index in [2.05, 4.69) is 15.2 Å². The Kier molecular flexibility index (Phi) is 5.40. The molecule has 1 atom stereocenters. The maximum atomic E-state index is 14.4. The summed E-state index contributed by atoms with van der Waals surface area (Å²) in [6.45, 7) is 2.02. The van der Waals surface area contributed by atoms with E-state index in [0.717, 1.165) is 21.6 Å². The van der Waals surface area contributed by atoms with Gasteiger partial charge in [0.05, 0.1) is 5.52 Å². The Morgan fingerprint density at radius 2 is 2.00 bits per heavy atom. The van der Waals surface area contributed by atoms with Crippen molar-refractivity contribution in [2.24, 2.45) is 7.05 Å². The molecule has 0 saturated heterocycles. The van der Waals surface area contributed by atoms with Gasteiger partial charge in [-0.3, -0.25) is 4.79 Å². The van der Waals surface area contributed by atoms with Crippen molar-refractivity contribution in [3.63, 3.8) is 0 Å². The van der Waals surface area contributed by atoms with Crippen LogP contribution in [0.4, 0.5) is 4.39 Å². The lowest BCUT2D eigenvalue weighted by atomic mass is 10.0. The Morgan fingerprint density at radius 1 is 1.17 bits per heavy atom. The van der Waals surface area contributed by atoms with Crippen LogP contribution >= 0.6 is 11.8 Å². The number of rotatable bonds is 6. The van der Waals surface area contributed by atoms with Gasteiger partial charge >= 0.3 is 0 Å². The predicted molar refractivity (Wildman–Crippen MR) is 111 cm³/mol. The van der Waals surface area contributed by atoms with E-state index in [1.165, 1.54) is 17.8 Å². The number of ketones is 1. The summed E-state index contributed by atoms with van der Waals surface area (Å²) in [6.07, 6.45) is 1.60. The average molecular weight is 406 g/mol. The first-order valence-electron chi connectivity index (χ1n) is 9.19. The lowest BCUT2D eigenvalue weighted by Crippen LogP contribution is -2.08. The molecule has 2 aromatic heterocycles. The number of aromatic nitrogens is 4. The van der Waals surface area contributed by atoms with Gasteiger partial charge < -0.3 is 4.57 Å². The number of thioether (sulfide) groups is 1. The van der Waals surface area contributed by atoms with Crippen LogP contribution in [0.25, 0.3) is 10.9 Å². The number of pyridine rings is 1. The number of fused-ring (bicyclic) bond motifs is 1. The third kappa shape index (κ3) is 4.19. The summed E-state index contributed by atoms with van der Waals surface area (Å²) in [6, 6.07) is 16.1. The number of hydrogen-bond acceptors (Lipinski definition) is 5. The number of carbonyl (C=O) groups is 1. The van der Waals surface area contributed by atoms with Crippen LogP contribution in [-0.2, 0) is 13.5 Å². The predicted octanol–water partition coefficient (Wildman–Crippen LogP) is 4.78. The van der Waals surface area contributed by atoms with Crippen LogP contribution in [-0.4, -0.2) is 25.5 Å². The SMILES string of the molecule is CC(Sc1nncn1C)c1ccc(F)c(CC(=O)c2ccc3ccccc3n2)c1. The summed E-state index contributed by atoms with van der Waals surface area (Å²) in [5.41, 5.74) is 2.39. The molecule has 0 aliphatic rings. The molecular formula is C22H19FN4OS. The number of aryl methyl sites for hydroxylation is 1. The van der Waals surface area contributed by atoms with E-state index >= 15 is 0 Å². The topological polar surface area (TPSA) is 60.7 Å². The van der Waals surface area contributed by atoms with Gasteiger partial charge in [0.1, 0.15) is 17.8 Å². The number of nitrogens with zero attached hydrogens (tertiary/aromatic N) is 4. The Bertz CT molecular complexity index is 1190. The van der Waals surface area contributed by atoms with Gasteiger partial charge in [-0.1, -0.05) is 48.2 Å². The standard InChI is InChI=1S/C22H19FN4OS/c1-14(29-22-26-24-13-27(22)2)16-7-9-18(23)17(11-16)12-21(28)20-10-8-15-5-3-4-6-19(15)25-20/h3-11,13-14H,12H2,1-2H3. The number of halogens is 1. The molecule has 0 radical (unpaired) electrons. The highest BCUT2D eigenvalue weighted by Gasteiger charge is 2.16. The van der Waals surface area contributed by atoms with Gasteiger partial charge in [-0.2, -0.15) is 0 Å². The highest BCUT2D eigenvalue weighted by molar-refractivity contribution is 7.99. The zero-order chi connectivity index (χ0) is 20.4. The average Bonchev–Trinajstić information content (AvgIpc) is 3.13. The normalized spacial score (nSPS) is 12.2. The fourth-order valence-corrected chi connectivity index (χ4v) is 3.98. The number of para-hydroxylation sites is 1. The largest absolute Gasteiger partial charge is 0.312 e. The van der Waals surface area contributed by atoms with Crippen molar-refractivity contribution in [3.05, 3.63) is 83.6 Å². The van der Waals surface area contributed by atoms with Crippen LogP contribution in [0.2, 0.25) is 0 Å². The van der Waals surface area contributed by atoms with Crippen LogP contribution in [0.15, 0.2) is 66.1 Å². The Labute approximate surface area is 172 Å². The lowest BCUT2D eigenvalue weighted by molar-refractivity contribution is 0.0987. The van der Waals surface area contributed by atoms with Crippen molar-refractivity contribution in [1.82, 2.24) is 19.7 Å². The zero-order valence-corrected chi connectivity index (χ0v) is 16.9. The molecule has 0 aliphatic carbocycles. The minimum Gasteiger partial charge on any atom is -0.312 e. The quantitative estimate of drug-likeness (QED) is 0.341. The molecule has 5 nitrogen and oxygen atoms in total. The molecule has 0 saturated carbocycles. The van der Waals surface area contributed by atoms with Gasteiger partial charge in [0.25, 0.3) is 0 Å². The van der Waals surface area contributed by atoms with Crippen LogP contribution < -0.4 is 0 Å². The molecule has 146 valence electrons. The maximum absolute atomic E-state index is 14.4. The first-order valence-corrected chi connectivity index (χ1v) is 10.1. The first-order chi connectivity index (χ1) is 14.0. The molecule has 0 spiro atoms. The van der Waals surface area contributed by atoms with Crippen LogP contribution in [0.5, 0.6) is 0 Å². The van der Waals surface area contributed by atoms with Gasteiger partial charge in [-0.15, -0.1) is 10.2 Å². The van der Waals surface area contributed by atoms with E-state index in [1.807, 2.05) is 48.9 Å². The van der Waals surface area contributed by atoms with Crippen molar-refractivity contribution in [1.29, 1.82) is 0 Å². The van der Waals surface area contributed by atoms with E-state index in [0.29, 0.717) is 11.3 Å². The van der Waals surface area contributed by atoms with E-state index in [1.54, 1.807) is 24.5 Å². The molecule has 2 aromatic carbocycles. The maximum Gasteiger partial charge on any atom is 0.191 e. The summed E-state index contributed by atoms with van der Waals surface area (Å²) in [5, 5.41) is 9.72. The van der Waals surface area contributed by atoms with Gasteiger partial charge in [0, 0.05) is 24.1 Å². The number of hydrogen-bond donors (Lipinski definition) is 0. The van der Waals surface area contributed by atoms with Crippen LogP contribution in [0.3, 0.4) is 0 Å². The van der Waals surface area contributed by atoms with Gasteiger partial charge in [0.2, 0.25) is 0 Å². The van der Waals surface area contributed by atoms with E-state index in [4.69, 9.17) is 0 Å². The molecule has 0 N–H and O–H groups in total. The molecular weight excluding hydrogens is 387 g/mol. The van der Waals surface area contributed by atoms with E-state index in [9.17, 15) is 9.18 Å². The van der Waals surface area contributed by atoms with Crippen molar-refractivity contribution >= 4 is 28.4 Å². The molecule has 4 rings (SSSR count). The van der Waals surface area contributed by atoms with E-state index in [-0.39, 0.29) is 17.5 Å². The first kappa shape index (κ1) is 19.3. The summed E-state index contributed by atoms with van der Waals surface area (Å²) >= 11 is 1.53. The molecule has 0 bridgehead atoms. The Balaban J connectivity index is 1.55. The summed E-state index contributed by atoms with van der Waals surface area (Å²) in [7, 11) is 1.88. The molecule has 0 aliphatic heterocycles. The molecule has 0 fully saturated rings. The van der Waals surface area contributed by atoms with Crippen molar-refractivity contribution in [2.75, 3.05) is 0 Å². The highest BCUT2D eigenvalue weighted by Crippen LogP contribution is 2.34. The Hall–Kier alpha value is -3.06. The molecule has 4 aromatic rings. The summed E-state index contributed by atoms with van der Waals surface area (Å²) in [5.74, 6) is -0.598. The van der Waals surface area contributed by atoms with Gasteiger partial charge in [-0.05, 0) is 36.2 Å². The number of benzene rings is 2. The third-order valence-electron chi connectivity index (χ3n) is 4.73. The zero-order valence-electron chi connectivity index (χ0n) is 16.0. The van der Waals surface area contributed by atoms with Crippen molar-refractivity contribution in [3.8, 4) is 0 Å². The number of carbonyl (C=O) groups excluding carboxylic acids is 1. The summed E-state index contributed by atoms with van der Waals surface area (Å²) < 4.78 is 16.2. The number of Topliss-reactive ketones (excluding diaryl/α,β-unsaturated/α-hetero) is 1.